The van der Waals surface area contributed by atoms with Gasteiger partial charge in [0.15, 0.2) is 5.65 Å². The van der Waals surface area contributed by atoms with E-state index < -0.39 is 0 Å². The van der Waals surface area contributed by atoms with Crippen LogP contribution in [-0.4, -0.2) is 38.9 Å². The molecule has 2 rings (SSSR count). The number of rotatable bonds is 3. The zero-order valence-electron chi connectivity index (χ0n) is 9.75. The zero-order valence-corrected chi connectivity index (χ0v) is 9.75. The van der Waals surface area contributed by atoms with E-state index in [0.29, 0.717) is 0 Å². The summed E-state index contributed by atoms with van der Waals surface area (Å²) in [6.45, 7) is 4.01. The molecule has 0 spiro atoms. The third-order valence-electron chi connectivity index (χ3n) is 2.88. The van der Waals surface area contributed by atoms with Crippen molar-refractivity contribution < 1.29 is 5.11 Å². The molecule has 1 N–H and O–H groups in total. The maximum Gasteiger partial charge on any atom is 0.157 e. The van der Waals surface area contributed by atoms with Crippen LogP contribution in [0.5, 0.6) is 0 Å². The molecule has 16 heavy (non-hydrogen) atoms. The Hall–Kier alpha value is -1.62. The molecule has 5 nitrogen and oxygen atoms in total. The van der Waals surface area contributed by atoms with Crippen LogP contribution in [0.25, 0.3) is 5.65 Å². The Kier molecular flexibility index (Phi) is 2.55. The Morgan fingerprint density at radius 1 is 1.44 bits per heavy atom. The van der Waals surface area contributed by atoms with Crippen molar-refractivity contribution in [3.8, 4) is 0 Å². The van der Waals surface area contributed by atoms with Crippen LogP contribution in [0.15, 0.2) is 24.5 Å². The minimum Gasteiger partial charge on any atom is -0.394 e. The number of hydrogen-bond acceptors (Lipinski definition) is 4. The molecule has 0 aliphatic heterocycles. The Morgan fingerprint density at radius 2 is 2.19 bits per heavy atom. The van der Waals surface area contributed by atoms with Gasteiger partial charge in [-0.25, -0.2) is 9.50 Å². The molecule has 0 bridgehead atoms. The normalized spacial score (nSPS) is 12.0. The van der Waals surface area contributed by atoms with Gasteiger partial charge in [-0.3, -0.25) is 0 Å². The van der Waals surface area contributed by atoms with Crippen molar-refractivity contribution in [3.05, 3.63) is 24.5 Å². The Labute approximate surface area is 94.3 Å². The first-order valence-corrected chi connectivity index (χ1v) is 5.20. The highest BCUT2D eigenvalue weighted by atomic mass is 16.3. The van der Waals surface area contributed by atoms with E-state index in [1.54, 1.807) is 10.7 Å². The van der Waals surface area contributed by atoms with Crippen molar-refractivity contribution in [2.45, 2.75) is 19.4 Å². The lowest BCUT2D eigenvalue weighted by Crippen LogP contribution is -2.44. The van der Waals surface area contributed by atoms with Gasteiger partial charge >= 0.3 is 0 Å². The van der Waals surface area contributed by atoms with Crippen LogP contribution in [0.3, 0.4) is 0 Å². The van der Waals surface area contributed by atoms with Crippen molar-refractivity contribution in [1.82, 2.24) is 14.6 Å². The molecular weight excluding hydrogens is 204 g/mol. The standard InChI is InChI=1S/C11H16N4O/c1-11(2,8-16)14(3)9-5-7-15-10(13-9)4-6-12-15/h4-7,16H,8H2,1-3H3. The predicted octanol–water partition coefficient (Wildman–Crippen LogP) is 0.936. The van der Waals surface area contributed by atoms with E-state index in [2.05, 4.69) is 10.1 Å². The summed E-state index contributed by atoms with van der Waals surface area (Å²) in [5.41, 5.74) is 0.476. The average Bonchev–Trinajstić information content (AvgIpc) is 2.74. The van der Waals surface area contributed by atoms with Crippen LogP contribution in [0, 0.1) is 0 Å². The second kappa shape index (κ2) is 3.75. The van der Waals surface area contributed by atoms with Gasteiger partial charge in [0, 0.05) is 19.3 Å². The fraction of sp³-hybridized carbons (Fsp3) is 0.455. The van der Waals surface area contributed by atoms with Gasteiger partial charge in [0.25, 0.3) is 0 Å². The first-order chi connectivity index (χ1) is 7.54. The lowest BCUT2D eigenvalue weighted by molar-refractivity contribution is 0.215. The minimum absolute atomic E-state index is 0.0790. The quantitative estimate of drug-likeness (QED) is 0.836. The number of aromatic nitrogens is 3. The molecule has 0 radical (unpaired) electrons. The van der Waals surface area contributed by atoms with Crippen molar-refractivity contribution in [3.63, 3.8) is 0 Å². The van der Waals surface area contributed by atoms with E-state index in [0.717, 1.165) is 11.5 Å². The van der Waals surface area contributed by atoms with Gasteiger partial charge < -0.3 is 10.0 Å². The smallest absolute Gasteiger partial charge is 0.157 e. The number of nitrogens with zero attached hydrogens (tertiary/aromatic N) is 4. The van der Waals surface area contributed by atoms with E-state index >= 15 is 0 Å². The van der Waals surface area contributed by atoms with Gasteiger partial charge in [0.05, 0.1) is 18.3 Å². The van der Waals surface area contributed by atoms with Gasteiger partial charge in [-0.15, -0.1) is 0 Å². The van der Waals surface area contributed by atoms with Crippen molar-refractivity contribution in [2.24, 2.45) is 0 Å². The number of aliphatic hydroxyl groups is 1. The maximum atomic E-state index is 9.31. The highest BCUT2D eigenvalue weighted by molar-refractivity contribution is 5.48. The summed E-state index contributed by atoms with van der Waals surface area (Å²) in [5.74, 6) is 0.826. The molecule has 0 saturated heterocycles. The number of aliphatic hydroxyl groups excluding tert-OH is 1. The first kappa shape index (κ1) is 10.9. The molecule has 0 amide bonds. The summed E-state index contributed by atoms with van der Waals surface area (Å²) in [6.07, 6.45) is 3.57. The molecule has 0 aliphatic rings. The summed E-state index contributed by atoms with van der Waals surface area (Å²) in [5, 5.41) is 13.4. The molecule has 0 fully saturated rings. The van der Waals surface area contributed by atoms with Crippen LogP contribution in [0.4, 0.5) is 5.82 Å². The monoisotopic (exact) mass is 220 g/mol. The second-order valence-corrected chi connectivity index (χ2v) is 4.45. The predicted molar refractivity (Wildman–Crippen MR) is 62.6 cm³/mol. The minimum atomic E-state index is -0.328. The van der Waals surface area contributed by atoms with Crippen LogP contribution in [0.2, 0.25) is 0 Å². The van der Waals surface area contributed by atoms with E-state index in [9.17, 15) is 5.11 Å². The third-order valence-corrected chi connectivity index (χ3v) is 2.88. The summed E-state index contributed by atoms with van der Waals surface area (Å²) < 4.78 is 1.71. The zero-order chi connectivity index (χ0) is 11.8. The third kappa shape index (κ3) is 1.74. The molecule has 86 valence electrons. The largest absolute Gasteiger partial charge is 0.394 e. The Bertz CT molecular complexity index is 491. The van der Waals surface area contributed by atoms with Crippen LogP contribution < -0.4 is 4.90 Å². The SMILES string of the molecule is CN(c1ccn2nccc2n1)C(C)(C)CO. The molecule has 2 aromatic heterocycles. The fourth-order valence-electron chi connectivity index (χ4n) is 1.41. The molecule has 0 saturated carbocycles. The van der Waals surface area contributed by atoms with E-state index in [1.807, 2.05) is 44.1 Å². The molecule has 5 heteroatoms. The van der Waals surface area contributed by atoms with Crippen molar-refractivity contribution in [2.75, 3.05) is 18.6 Å². The highest BCUT2D eigenvalue weighted by Gasteiger charge is 2.23. The van der Waals surface area contributed by atoms with Gasteiger partial charge in [-0.1, -0.05) is 0 Å². The second-order valence-electron chi connectivity index (χ2n) is 4.45. The number of likely N-dealkylation sites (N-methyl/N-ethyl adjacent to an activating group) is 1. The Balaban J connectivity index is 2.39. The topological polar surface area (TPSA) is 53.7 Å². The summed E-state index contributed by atoms with van der Waals surface area (Å²) in [6, 6.07) is 3.74. The van der Waals surface area contributed by atoms with Crippen LogP contribution in [0.1, 0.15) is 13.8 Å². The van der Waals surface area contributed by atoms with E-state index in [4.69, 9.17) is 0 Å². The lowest BCUT2D eigenvalue weighted by atomic mass is 10.1. The van der Waals surface area contributed by atoms with Crippen molar-refractivity contribution in [1.29, 1.82) is 0 Å². The van der Waals surface area contributed by atoms with E-state index in [-0.39, 0.29) is 12.1 Å². The van der Waals surface area contributed by atoms with E-state index in [1.165, 1.54) is 0 Å². The van der Waals surface area contributed by atoms with Crippen molar-refractivity contribution >= 4 is 11.5 Å². The number of fused-ring (bicyclic) bond motifs is 1. The highest BCUT2D eigenvalue weighted by Crippen LogP contribution is 2.19. The van der Waals surface area contributed by atoms with Gasteiger partial charge in [-0.05, 0) is 19.9 Å². The summed E-state index contributed by atoms with van der Waals surface area (Å²) in [4.78, 5) is 6.42. The molecular formula is C11H16N4O. The van der Waals surface area contributed by atoms with Crippen LogP contribution >= 0.6 is 0 Å². The number of hydrogen-bond donors (Lipinski definition) is 1. The molecule has 0 unspecified atom stereocenters. The molecule has 0 aromatic carbocycles. The lowest BCUT2D eigenvalue weighted by Gasteiger charge is -2.34. The molecule has 0 atom stereocenters. The summed E-state index contributed by atoms with van der Waals surface area (Å²) >= 11 is 0. The molecule has 2 aromatic rings. The van der Waals surface area contributed by atoms with Gasteiger partial charge in [0.2, 0.25) is 0 Å². The van der Waals surface area contributed by atoms with Gasteiger partial charge in [0.1, 0.15) is 5.82 Å². The Morgan fingerprint density at radius 3 is 2.88 bits per heavy atom. The summed E-state index contributed by atoms with van der Waals surface area (Å²) in [7, 11) is 1.92. The van der Waals surface area contributed by atoms with Gasteiger partial charge in [-0.2, -0.15) is 5.10 Å². The number of anilines is 1. The van der Waals surface area contributed by atoms with Crippen LogP contribution in [-0.2, 0) is 0 Å². The molecule has 0 aliphatic carbocycles. The average molecular weight is 220 g/mol. The molecule has 2 heterocycles. The fourth-order valence-corrected chi connectivity index (χ4v) is 1.41. The maximum absolute atomic E-state index is 9.31. The first-order valence-electron chi connectivity index (χ1n) is 5.20.